The quantitative estimate of drug-likeness (QED) is 0.692. The summed E-state index contributed by atoms with van der Waals surface area (Å²) >= 11 is 0. The molecule has 2 aromatic carbocycles. The topological polar surface area (TPSA) is 75.7 Å². The van der Waals surface area contributed by atoms with Gasteiger partial charge in [-0.3, -0.25) is 4.79 Å². The third kappa shape index (κ3) is 6.94. The minimum Gasteiger partial charge on any atom is -0.491 e. The van der Waals surface area contributed by atoms with Crippen molar-refractivity contribution in [3.8, 4) is 5.75 Å². The zero-order chi connectivity index (χ0) is 20.7. The van der Waals surface area contributed by atoms with Crippen molar-refractivity contribution in [2.24, 2.45) is 0 Å². The Balaban J connectivity index is 1.95. The molecule has 0 radical (unpaired) electrons. The van der Waals surface area contributed by atoms with E-state index in [1.165, 1.54) is 18.2 Å². The van der Waals surface area contributed by atoms with Crippen molar-refractivity contribution in [1.29, 1.82) is 0 Å². The van der Waals surface area contributed by atoms with Gasteiger partial charge >= 0.3 is 0 Å². The first kappa shape index (κ1) is 21.8. The molecule has 8 heteroatoms. The maximum atomic E-state index is 13.8. The Kier molecular flexibility index (Phi) is 7.53. The highest BCUT2D eigenvalue weighted by molar-refractivity contribution is 7.88. The Morgan fingerprint density at radius 1 is 1.14 bits per heavy atom. The summed E-state index contributed by atoms with van der Waals surface area (Å²) in [4.78, 5) is 12.2. The van der Waals surface area contributed by atoms with E-state index in [4.69, 9.17) is 4.74 Å². The average Bonchev–Trinajstić information content (AvgIpc) is 2.61. The number of benzene rings is 2. The number of ether oxygens (including phenoxy) is 1. The molecule has 0 unspecified atom stereocenters. The number of nitrogens with one attached hydrogen (secondary N) is 1. The molecule has 1 N–H and O–H groups in total. The van der Waals surface area contributed by atoms with E-state index in [2.05, 4.69) is 5.32 Å². The molecule has 0 aliphatic carbocycles. The number of nitrogens with zero attached hydrogens (tertiary/aromatic N) is 1. The maximum absolute atomic E-state index is 13.8. The molecular weight excluding hydrogens is 383 g/mol. The van der Waals surface area contributed by atoms with E-state index in [1.54, 1.807) is 6.07 Å². The van der Waals surface area contributed by atoms with Crippen LogP contribution in [0, 0.1) is 5.82 Å². The summed E-state index contributed by atoms with van der Waals surface area (Å²) in [7, 11) is -3.69. The van der Waals surface area contributed by atoms with E-state index >= 15 is 0 Å². The molecule has 0 atom stereocenters. The van der Waals surface area contributed by atoms with Gasteiger partial charge in [-0.05, 0) is 37.6 Å². The van der Waals surface area contributed by atoms with Gasteiger partial charge in [0.05, 0.1) is 18.9 Å². The van der Waals surface area contributed by atoms with Crippen molar-refractivity contribution in [2.75, 3.05) is 12.8 Å². The third-order valence-electron chi connectivity index (χ3n) is 3.88. The van der Waals surface area contributed by atoms with Gasteiger partial charge in [-0.25, -0.2) is 12.8 Å². The smallest absolute Gasteiger partial charge is 0.235 e. The standard InChI is InChI=1S/C20H25FN2O4S/c1-15(2)27-18-10-8-16(9-11-18)12-22-20(24)14-23(28(3,25)26)13-17-6-4-5-7-19(17)21/h4-11,15H,12-14H2,1-3H3,(H,22,24). The van der Waals surface area contributed by atoms with Crippen LogP contribution in [0.2, 0.25) is 0 Å². The lowest BCUT2D eigenvalue weighted by Gasteiger charge is -2.20. The Bertz CT molecular complexity index is 899. The summed E-state index contributed by atoms with van der Waals surface area (Å²) in [6.45, 7) is 3.52. The van der Waals surface area contributed by atoms with Crippen molar-refractivity contribution < 1.29 is 22.3 Å². The Labute approximate surface area is 165 Å². The van der Waals surface area contributed by atoms with Crippen molar-refractivity contribution in [1.82, 2.24) is 9.62 Å². The fraction of sp³-hybridized carbons (Fsp3) is 0.350. The molecular formula is C20H25FN2O4S. The first-order chi connectivity index (χ1) is 13.1. The second-order valence-electron chi connectivity index (χ2n) is 6.71. The lowest BCUT2D eigenvalue weighted by Crippen LogP contribution is -2.39. The van der Waals surface area contributed by atoms with Crippen LogP contribution in [0.15, 0.2) is 48.5 Å². The summed E-state index contributed by atoms with van der Waals surface area (Å²) in [5, 5.41) is 2.68. The number of carbonyl (C=O) groups excluding carboxylic acids is 1. The van der Waals surface area contributed by atoms with Gasteiger partial charge in [0.25, 0.3) is 0 Å². The molecule has 0 saturated carbocycles. The average molecular weight is 408 g/mol. The predicted octanol–water partition coefficient (Wildman–Crippen LogP) is 2.69. The van der Waals surface area contributed by atoms with Gasteiger partial charge < -0.3 is 10.1 Å². The van der Waals surface area contributed by atoms with Gasteiger partial charge in [0, 0.05) is 18.7 Å². The van der Waals surface area contributed by atoms with Crippen molar-refractivity contribution >= 4 is 15.9 Å². The lowest BCUT2D eigenvalue weighted by molar-refractivity contribution is -0.121. The fourth-order valence-corrected chi connectivity index (χ4v) is 3.21. The predicted molar refractivity (Wildman–Crippen MR) is 106 cm³/mol. The van der Waals surface area contributed by atoms with Crippen LogP contribution < -0.4 is 10.1 Å². The molecule has 2 rings (SSSR count). The number of halogens is 1. The zero-order valence-electron chi connectivity index (χ0n) is 16.2. The minimum atomic E-state index is -3.69. The molecule has 0 bridgehead atoms. The summed E-state index contributed by atoms with van der Waals surface area (Å²) < 4.78 is 44.3. The van der Waals surface area contributed by atoms with Crippen LogP contribution in [0.25, 0.3) is 0 Å². The van der Waals surface area contributed by atoms with Crippen molar-refractivity contribution in [3.63, 3.8) is 0 Å². The van der Waals surface area contributed by atoms with Crippen LogP contribution in [0.1, 0.15) is 25.0 Å². The van der Waals surface area contributed by atoms with E-state index in [0.717, 1.165) is 21.9 Å². The molecule has 0 fully saturated rings. The van der Waals surface area contributed by atoms with Gasteiger partial charge in [0.1, 0.15) is 11.6 Å². The number of carbonyl (C=O) groups is 1. The number of amides is 1. The molecule has 0 aliphatic rings. The van der Waals surface area contributed by atoms with Crippen LogP contribution in [-0.4, -0.2) is 37.5 Å². The molecule has 6 nitrogen and oxygen atoms in total. The summed E-state index contributed by atoms with van der Waals surface area (Å²) in [6, 6.07) is 13.1. The van der Waals surface area contributed by atoms with Gasteiger partial charge in [0.15, 0.2) is 0 Å². The van der Waals surface area contributed by atoms with E-state index in [9.17, 15) is 17.6 Å². The van der Waals surface area contributed by atoms with Crippen LogP contribution in [0.5, 0.6) is 5.75 Å². The first-order valence-electron chi connectivity index (χ1n) is 8.86. The van der Waals surface area contributed by atoms with Crippen molar-refractivity contribution in [2.45, 2.75) is 33.0 Å². The molecule has 0 saturated heterocycles. The Hall–Kier alpha value is -2.45. The molecule has 1 amide bonds. The second-order valence-corrected chi connectivity index (χ2v) is 8.69. The largest absolute Gasteiger partial charge is 0.491 e. The normalized spacial score (nSPS) is 11.6. The van der Waals surface area contributed by atoms with Gasteiger partial charge in [0.2, 0.25) is 15.9 Å². The van der Waals surface area contributed by atoms with Crippen LogP contribution in [0.3, 0.4) is 0 Å². The molecule has 0 spiro atoms. The molecule has 0 heterocycles. The third-order valence-corrected chi connectivity index (χ3v) is 5.07. The van der Waals surface area contributed by atoms with Gasteiger partial charge in [-0.2, -0.15) is 4.31 Å². The van der Waals surface area contributed by atoms with Crippen LogP contribution in [-0.2, 0) is 27.9 Å². The van der Waals surface area contributed by atoms with E-state index < -0.39 is 21.7 Å². The SMILES string of the molecule is CC(C)Oc1ccc(CNC(=O)CN(Cc2ccccc2F)S(C)(=O)=O)cc1. The second kappa shape index (κ2) is 9.66. The monoisotopic (exact) mass is 408 g/mol. The number of sulfonamides is 1. The van der Waals surface area contributed by atoms with Crippen LogP contribution >= 0.6 is 0 Å². The van der Waals surface area contributed by atoms with Gasteiger partial charge in [-0.15, -0.1) is 0 Å². The molecule has 152 valence electrons. The Morgan fingerprint density at radius 3 is 2.36 bits per heavy atom. The zero-order valence-corrected chi connectivity index (χ0v) is 17.0. The minimum absolute atomic E-state index is 0.0713. The number of hydrogen-bond donors (Lipinski definition) is 1. The van der Waals surface area contributed by atoms with Gasteiger partial charge in [-0.1, -0.05) is 30.3 Å². The molecule has 2 aromatic rings. The first-order valence-corrected chi connectivity index (χ1v) is 10.7. The van der Waals surface area contributed by atoms with E-state index in [-0.39, 0.29) is 31.3 Å². The number of hydrogen-bond acceptors (Lipinski definition) is 4. The highest BCUT2D eigenvalue weighted by Crippen LogP contribution is 2.14. The molecule has 28 heavy (non-hydrogen) atoms. The summed E-state index contributed by atoms with van der Waals surface area (Å²) in [5.41, 5.74) is 1.06. The van der Waals surface area contributed by atoms with Crippen molar-refractivity contribution in [3.05, 3.63) is 65.5 Å². The molecule has 0 aliphatic heterocycles. The molecule has 0 aromatic heterocycles. The number of rotatable bonds is 9. The summed E-state index contributed by atoms with van der Waals surface area (Å²) in [5.74, 6) is -0.247. The fourth-order valence-electron chi connectivity index (χ4n) is 2.48. The van der Waals surface area contributed by atoms with Crippen LogP contribution in [0.4, 0.5) is 4.39 Å². The van der Waals surface area contributed by atoms with E-state index in [1.807, 2.05) is 38.1 Å². The maximum Gasteiger partial charge on any atom is 0.235 e. The summed E-state index contributed by atoms with van der Waals surface area (Å²) in [6.07, 6.45) is 1.07. The Morgan fingerprint density at radius 2 is 1.79 bits per heavy atom. The lowest BCUT2D eigenvalue weighted by atomic mass is 10.2. The highest BCUT2D eigenvalue weighted by atomic mass is 32.2. The van der Waals surface area contributed by atoms with E-state index in [0.29, 0.717) is 0 Å². The highest BCUT2D eigenvalue weighted by Gasteiger charge is 2.21.